The largest absolute Gasteiger partial charge is 0.388 e. The van der Waals surface area contributed by atoms with Crippen LogP contribution in [0, 0.1) is 0 Å². The van der Waals surface area contributed by atoms with E-state index in [4.69, 9.17) is 11.6 Å². The van der Waals surface area contributed by atoms with Gasteiger partial charge in [0.05, 0.1) is 5.60 Å². The predicted molar refractivity (Wildman–Crippen MR) is 90.2 cm³/mol. The molecule has 1 aliphatic rings. The fourth-order valence-corrected chi connectivity index (χ4v) is 3.31. The summed E-state index contributed by atoms with van der Waals surface area (Å²) < 4.78 is 0. The molecular formula is C17H27ClN2O. The van der Waals surface area contributed by atoms with Gasteiger partial charge in [0.25, 0.3) is 0 Å². The third-order valence-electron chi connectivity index (χ3n) is 4.19. The molecule has 0 aliphatic carbocycles. The molecule has 1 saturated heterocycles. The average molecular weight is 311 g/mol. The Labute approximate surface area is 133 Å². The highest BCUT2D eigenvalue weighted by atomic mass is 35.5. The van der Waals surface area contributed by atoms with Gasteiger partial charge in [0.15, 0.2) is 0 Å². The normalized spacial score (nSPS) is 24.1. The molecule has 2 unspecified atom stereocenters. The minimum Gasteiger partial charge on any atom is -0.388 e. The molecule has 1 aromatic rings. The number of nitrogens with one attached hydrogen (secondary N) is 1. The van der Waals surface area contributed by atoms with Crippen molar-refractivity contribution in [2.75, 3.05) is 24.5 Å². The molecule has 118 valence electrons. The Morgan fingerprint density at radius 2 is 2.24 bits per heavy atom. The number of hydrogen-bond acceptors (Lipinski definition) is 3. The molecule has 1 heterocycles. The monoisotopic (exact) mass is 310 g/mol. The van der Waals surface area contributed by atoms with Gasteiger partial charge in [-0.1, -0.05) is 24.6 Å². The molecule has 0 radical (unpaired) electrons. The van der Waals surface area contributed by atoms with Crippen molar-refractivity contribution >= 4 is 17.3 Å². The summed E-state index contributed by atoms with van der Waals surface area (Å²) in [4.78, 5) is 2.23. The average Bonchev–Trinajstić information content (AvgIpc) is 2.43. The predicted octanol–water partition coefficient (Wildman–Crippen LogP) is 3.75. The molecule has 0 spiro atoms. The number of piperidine rings is 1. The van der Waals surface area contributed by atoms with Crippen LogP contribution >= 0.6 is 11.6 Å². The molecule has 0 aromatic heterocycles. The first kappa shape index (κ1) is 16.6. The highest BCUT2D eigenvalue weighted by Gasteiger charge is 2.28. The Morgan fingerprint density at radius 3 is 2.86 bits per heavy atom. The molecule has 4 heteroatoms. The summed E-state index contributed by atoms with van der Waals surface area (Å²) >= 11 is 6.46. The fourth-order valence-electron chi connectivity index (χ4n) is 2.98. The van der Waals surface area contributed by atoms with Crippen LogP contribution in [0.1, 0.15) is 51.6 Å². The molecule has 0 saturated carbocycles. The maximum absolute atomic E-state index is 10.2. The molecule has 0 bridgehead atoms. The Hall–Kier alpha value is -0.770. The first-order valence-electron chi connectivity index (χ1n) is 7.93. The Morgan fingerprint density at radius 1 is 1.48 bits per heavy atom. The van der Waals surface area contributed by atoms with E-state index in [-0.39, 0.29) is 6.04 Å². The number of rotatable bonds is 5. The fraction of sp³-hybridized carbons (Fsp3) is 0.647. The zero-order chi connectivity index (χ0) is 15.5. The van der Waals surface area contributed by atoms with E-state index in [9.17, 15) is 5.11 Å². The van der Waals surface area contributed by atoms with Crippen molar-refractivity contribution in [3.05, 3.63) is 28.8 Å². The summed E-state index contributed by atoms with van der Waals surface area (Å²) in [5.74, 6) is 0. The second-order valence-electron chi connectivity index (χ2n) is 6.40. The maximum atomic E-state index is 10.2. The Kier molecular flexibility index (Phi) is 5.53. The van der Waals surface area contributed by atoms with E-state index in [1.165, 1.54) is 0 Å². The number of aliphatic hydroxyl groups is 1. The number of anilines is 1. The van der Waals surface area contributed by atoms with Gasteiger partial charge in [0, 0.05) is 29.8 Å². The van der Waals surface area contributed by atoms with E-state index in [1.807, 2.05) is 13.0 Å². The molecular weight excluding hydrogens is 284 g/mol. The van der Waals surface area contributed by atoms with Crippen molar-refractivity contribution in [2.24, 2.45) is 0 Å². The minimum absolute atomic E-state index is 0.260. The lowest BCUT2D eigenvalue weighted by atomic mass is 9.94. The van der Waals surface area contributed by atoms with Gasteiger partial charge in [-0.05, 0) is 57.4 Å². The maximum Gasteiger partial charge on any atom is 0.0794 e. The number of nitrogens with zero attached hydrogens (tertiary/aromatic N) is 1. The van der Waals surface area contributed by atoms with Crippen LogP contribution < -0.4 is 10.2 Å². The van der Waals surface area contributed by atoms with Gasteiger partial charge in [-0.2, -0.15) is 0 Å². The van der Waals surface area contributed by atoms with Crippen molar-refractivity contribution in [2.45, 2.75) is 51.7 Å². The summed E-state index contributed by atoms with van der Waals surface area (Å²) in [6, 6.07) is 6.51. The molecule has 1 aliphatic heterocycles. The van der Waals surface area contributed by atoms with Gasteiger partial charge in [-0.3, -0.25) is 0 Å². The van der Waals surface area contributed by atoms with Crippen LogP contribution in [0.5, 0.6) is 0 Å². The third-order valence-corrected chi connectivity index (χ3v) is 4.52. The van der Waals surface area contributed by atoms with Crippen molar-refractivity contribution < 1.29 is 5.11 Å². The van der Waals surface area contributed by atoms with E-state index in [1.54, 1.807) is 0 Å². The Bertz CT molecular complexity index is 476. The standard InChI is InChI=1S/C17H27ClN2O/c1-4-9-19-13(2)15-7-6-14(11-16(15)18)20-10-5-8-17(3,21)12-20/h6-7,11,13,19,21H,4-5,8-10,12H2,1-3H3. The molecule has 3 nitrogen and oxygen atoms in total. The smallest absolute Gasteiger partial charge is 0.0794 e. The number of halogens is 1. The molecule has 0 amide bonds. The summed E-state index contributed by atoms with van der Waals surface area (Å²) in [5, 5.41) is 14.5. The van der Waals surface area contributed by atoms with Crippen molar-refractivity contribution in [3.8, 4) is 0 Å². The van der Waals surface area contributed by atoms with Gasteiger partial charge >= 0.3 is 0 Å². The molecule has 21 heavy (non-hydrogen) atoms. The van der Waals surface area contributed by atoms with Crippen molar-refractivity contribution in [1.29, 1.82) is 0 Å². The minimum atomic E-state index is -0.598. The van der Waals surface area contributed by atoms with E-state index in [0.29, 0.717) is 6.54 Å². The lowest BCUT2D eigenvalue weighted by molar-refractivity contribution is 0.0449. The van der Waals surface area contributed by atoms with Crippen LogP contribution in [0.4, 0.5) is 5.69 Å². The molecule has 2 atom stereocenters. The third kappa shape index (κ3) is 4.35. The number of hydrogen-bond donors (Lipinski definition) is 2. The van der Waals surface area contributed by atoms with Crippen molar-refractivity contribution in [3.63, 3.8) is 0 Å². The highest BCUT2D eigenvalue weighted by Crippen LogP contribution is 2.31. The van der Waals surface area contributed by atoms with Crippen LogP contribution in [-0.2, 0) is 0 Å². The lowest BCUT2D eigenvalue weighted by Crippen LogP contribution is -2.46. The van der Waals surface area contributed by atoms with Crippen molar-refractivity contribution in [1.82, 2.24) is 5.32 Å². The van der Waals surface area contributed by atoms with Crippen LogP contribution in [0.15, 0.2) is 18.2 Å². The first-order valence-corrected chi connectivity index (χ1v) is 8.31. The summed E-state index contributed by atoms with van der Waals surface area (Å²) in [6.07, 6.45) is 3.00. The summed E-state index contributed by atoms with van der Waals surface area (Å²) in [6.45, 7) is 8.86. The molecule has 2 N–H and O–H groups in total. The van der Waals surface area contributed by atoms with Gasteiger partial charge < -0.3 is 15.3 Å². The molecule has 1 aromatic carbocycles. The van der Waals surface area contributed by atoms with E-state index in [0.717, 1.165) is 48.6 Å². The number of β-amino-alcohol motifs (C(OH)–C–C–N with tert-alkyl or cyclic N) is 1. The van der Waals surface area contributed by atoms with E-state index < -0.39 is 5.60 Å². The summed E-state index contributed by atoms with van der Waals surface area (Å²) in [5.41, 5.74) is 1.64. The van der Waals surface area contributed by atoms with E-state index >= 15 is 0 Å². The van der Waals surface area contributed by atoms with Crippen LogP contribution in [0.3, 0.4) is 0 Å². The van der Waals surface area contributed by atoms with Gasteiger partial charge in [-0.15, -0.1) is 0 Å². The van der Waals surface area contributed by atoms with E-state index in [2.05, 4.69) is 36.2 Å². The van der Waals surface area contributed by atoms with Gasteiger partial charge in [-0.25, -0.2) is 0 Å². The van der Waals surface area contributed by atoms with Gasteiger partial charge in [0.1, 0.15) is 0 Å². The Balaban J connectivity index is 2.11. The second kappa shape index (κ2) is 6.99. The highest BCUT2D eigenvalue weighted by molar-refractivity contribution is 6.31. The molecule has 2 rings (SSSR count). The zero-order valence-electron chi connectivity index (χ0n) is 13.3. The molecule has 1 fully saturated rings. The quantitative estimate of drug-likeness (QED) is 0.869. The first-order chi connectivity index (χ1) is 9.93. The topological polar surface area (TPSA) is 35.5 Å². The SMILES string of the molecule is CCCNC(C)c1ccc(N2CCCC(C)(O)C2)cc1Cl. The van der Waals surface area contributed by atoms with Gasteiger partial charge in [0.2, 0.25) is 0 Å². The lowest BCUT2D eigenvalue weighted by Gasteiger charge is -2.38. The summed E-state index contributed by atoms with van der Waals surface area (Å²) in [7, 11) is 0. The van der Waals surface area contributed by atoms with Crippen LogP contribution in [-0.4, -0.2) is 30.3 Å². The number of benzene rings is 1. The van der Waals surface area contributed by atoms with Crippen LogP contribution in [0.25, 0.3) is 0 Å². The zero-order valence-corrected chi connectivity index (χ0v) is 14.1. The van der Waals surface area contributed by atoms with Crippen LogP contribution in [0.2, 0.25) is 5.02 Å². The second-order valence-corrected chi connectivity index (χ2v) is 6.81.